The van der Waals surface area contributed by atoms with Crippen LogP contribution in [0.4, 0.5) is 10.8 Å². The SMILES string of the molecule is O=C(CNC(=O)c1cccc([N+](=O)[O-])c1)Nc1nc(-c2ccc3c(c2)CCCC3)cs1. The van der Waals surface area contributed by atoms with Gasteiger partial charge in [-0.3, -0.25) is 19.7 Å². The highest BCUT2D eigenvalue weighted by Gasteiger charge is 2.15. The van der Waals surface area contributed by atoms with E-state index >= 15 is 0 Å². The number of nitro groups is 1. The topological polar surface area (TPSA) is 114 Å². The number of rotatable bonds is 6. The molecule has 0 bridgehead atoms. The Bertz CT molecular complexity index is 1160. The first kappa shape index (κ1) is 20.7. The number of nitro benzene ring substituents is 1. The van der Waals surface area contributed by atoms with Crippen molar-refractivity contribution < 1.29 is 14.5 Å². The Hall–Kier alpha value is -3.59. The van der Waals surface area contributed by atoms with E-state index in [2.05, 4.69) is 33.8 Å². The largest absolute Gasteiger partial charge is 0.343 e. The van der Waals surface area contributed by atoms with Crippen LogP contribution in [0.25, 0.3) is 11.3 Å². The van der Waals surface area contributed by atoms with Crippen molar-refractivity contribution in [3.63, 3.8) is 0 Å². The van der Waals surface area contributed by atoms with Gasteiger partial charge in [-0.1, -0.05) is 18.2 Å². The lowest BCUT2D eigenvalue weighted by Crippen LogP contribution is -2.32. The first-order valence-corrected chi connectivity index (χ1v) is 10.8. The average molecular weight is 436 g/mol. The van der Waals surface area contributed by atoms with Gasteiger partial charge in [-0.05, 0) is 48.9 Å². The van der Waals surface area contributed by atoms with Gasteiger partial charge in [0.2, 0.25) is 5.91 Å². The van der Waals surface area contributed by atoms with Gasteiger partial charge in [0.15, 0.2) is 5.13 Å². The van der Waals surface area contributed by atoms with Crippen LogP contribution >= 0.6 is 11.3 Å². The number of anilines is 1. The molecule has 31 heavy (non-hydrogen) atoms. The summed E-state index contributed by atoms with van der Waals surface area (Å²) in [7, 11) is 0. The molecule has 1 aromatic heterocycles. The highest BCUT2D eigenvalue weighted by molar-refractivity contribution is 7.14. The van der Waals surface area contributed by atoms with Gasteiger partial charge in [0, 0.05) is 28.6 Å². The van der Waals surface area contributed by atoms with Crippen LogP contribution in [-0.4, -0.2) is 28.3 Å². The molecule has 3 aromatic rings. The molecular weight excluding hydrogens is 416 g/mol. The lowest BCUT2D eigenvalue weighted by atomic mass is 9.90. The minimum Gasteiger partial charge on any atom is -0.343 e. The molecule has 4 rings (SSSR count). The fraction of sp³-hybridized carbons (Fsp3) is 0.227. The Morgan fingerprint density at radius 2 is 1.90 bits per heavy atom. The summed E-state index contributed by atoms with van der Waals surface area (Å²) in [5.74, 6) is -0.988. The summed E-state index contributed by atoms with van der Waals surface area (Å²) in [5, 5.41) is 18.3. The molecule has 1 aliphatic rings. The van der Waals surface area contributed by atoms with Crippen LogP contribution in [0.2, 0.25) is 0 Å². The van der Waals surface area contributed by atoms with Gasteiger partial charge in [0.25, 0.3) is 11.6 Å². The van der Waals surface area contributed by atoms with Crippen LogP contribution < -0.4 is 10.6 Å². The number of carbonyl (C=O) groups excluding carboxylic acids is 2. The van der Waals surface area contributed by atoms with Crippen LogP contribution in [-0.2, 0) is 17.6 Å². The van der Waals surface area contributed by atoms with E-state index in [1.807, 2.05) is 5.38 Å². The lowest BCUT2D eigenvalue weighted by molar-refractivity contribution is -0.384. The number of aryl methyl sites for hydroxylation is 2. The molecule has 0 saturated carbocycles. The van der Waals surface area contributed by atoms with E-state index in [1.54, 1.807) is 0 Å². The van der Waals surface area contributed by atoms with Crippen LogP contribution in [0.15, 0.2) is 47.8 Å². The number of nitrogens with zero attached hydrogens (tertiary/aromatic N) is 2. The van der Waals surface area contributed by atoms with E-state index in [0.29, 0.717) is 5.13 Å². The molecule has 9 heteroatoms. The van der Waals surface area contributed by atoms with Crippen molar-refractivity contribution in [1.82, 2.24) is 10.3 Å². The van der Waals surface area contributed by atoms with Crippen molar-refractivity contribution in [2.75, 3.05) is 11.9 Å². The maximum absolute atomic E-state index is 12.2. The van der Waals surface area contributed by atoms with Gasteiger partial charge in [0.05, 0.1) is 17.2 Å². The van der Waals surface area contributed by atoms with E-state index < -0.39 is 16.7 Å². The van der Waals surface area contributed by atoms with E-state index in [9.17, 15) is 19.7 Å². The van der Waals surface area contributed by atoms with Gasteiger partial charge >= 0.3 is 0 Å². The van der Waals surface area contributed by atoms with E-state index in [0.717, 1.165) is 24.1 Å². The minimum atomic E-state index is -0.577. The van der Waals surface area contributed by atoms with Crippen molar-refractivity contribution in [2.24, 2.45) is 0 Å². The van der Waals surface area contributed by atoms with Gasteiger partial charge < -0.3 is 10.6 Å². The molecule has 1 aliphatic carbocycles. The Balaban J connectivity index is 1.34. The van der Waals surface area contributed by atoms with Crippen LogP contribution in [0, 0.1) is 10.1 Å². The van der Waals surface area contributed by atoms with Crippen LogP contribution in [0.1, 0.15) is 34.3 Å². The fourth-order valence-electron chi connectivity index (χ4n) is 3.54. The second kappa shape index (κ2) is 9.05. The lowest BCUT2D eigenvalue weighted by Gasteiger charge is -2.16. The van der Waals surface area contributed by atoms with E-state index in [1.165, 1.54) is 59.6 Å². The third-order valence-corrected chi connectivity index (χ3v) is 5.88. The zero-order chi connectivity index (χ0) is 21.8. The maximum atomic E-state index is 12.2. The first-order chi connectivity index (χ1) is 15.0. The Morgan fingerprint density at radius 3 is 2.71 bits per heavy atom. The minimum absolute atomic E-state index is 0.117. The van der Waals surface area contributed by atoms with E-state index in [-0.39, 0.29) is 17.8 Å². The Morgan fingerprint density at radius 1 is 1.10 bits per heavy atom. The molecular formula is C22H20N4O4S. The molecule has 0 unspecified atom stereocenters. The third kappa shape index (κ3) is 4.95. The summed E-state index contributed by atoms with van der Waals surface area (Å²) in [4.78, 5) is 39.1. The third-order valence-electron chi connectivity index (χ3n) is 5.12. The number of benzene rings is 2. The smallest absolute Gasteiger partial charge is 0.270 e. The maximum Gasteiger partial charge on any atom is 0.270 e. The normalized spacial score (nSPS) is 12.6. The summed E-state index contributed by atoms with van der Waals surface area (Å²) < 4.78 is 0. The number of non-ortho nitro benzene ring substituents is 1. The first-order valence-electron chi connectivity index (χ1n) is 9.90. The fourth-order valence-corrected chi connectivity index (χ4v) is 4.28. The molecule has 0 aliphatic heterocycles. The Kier molecular flexibility index (Phi) is 6.03. The highest BCUT2D eigenvalue weighted by Crippen LogP contribution is 2.29. The second-order valence-electron chi connectivity index (χ2n) is 7.27. The average Bonchev–Trinajstić information content (AvgIpc) is 3.25. The molecule has 0 radical (unpaired) electrons. The summed E-state index contributed by atoms with van der Waals surface area (Å²) in [5.41, 5.74) is 4.52. The molecule has 0 saturated heterocycles. The molecule has 1 heterocycles. The summed E-state index contributed by atoms with van der Waals surface area (Å²) >= 11 is 1.32. The second-order valence-corrected chi connectivity index (χ2v) is 8.12. The molecule has 2 aromatic carbocycles. The standard InChI is InChI=1S/C22H20N4O4S/c27-20(12-23-21(28)17-6-3-7-18(11-17)26(29)30)25-22-24-19(13-31-22)16-9-8-14-4-1-2-5-15(14)10-16/h3,6-11,13H,1-2,4-5,12H2,(H,23,28)(H,24,25,27). The quantitative estimate of drug-likeness (QED) is 0.448. The van der Waals surface area contributed by atoms with Gasteiger partial charge in [0.1, 0.15) is 0 Å². The summed E-state index contributed by atoms with van der Waals surface area (Å²) in [6, 6.07) is 11.7. The number of aromatic nitrogens is 1. The summed E-state index contributed by atoms with van der Waals surface area (Å²) in [6.07, 6.45) is 4.64. The van der Waals surface area contributed by atoms with Crippen molar-refractivity contribution >= 4 is 34.0 Å². The van der Waals surface area contributed by atoms with Crippen LogP contribution in [0.5, 0.6) is 0 Å². The monoisotopic (exact) mass is 436 g/mol. The molecule has 0 spiro atoms. The van der Waals surface area contributed by atoms with Crippen LogP contribution in [0.3, 0.4) is 0 Å². The van der Waals surface area contributed by atoms with Gasteiger partial charge in [-0.2, -0.15) is 0 Å². The zero-order valence-electron chi connectivity index (χ0n) is 16.6. The van der Waals surface area contributed by atoms with Crippen molar-refractivity contribution in [3.8, 4) is 11.3 Å². The number of hydrogen-bond donors (Lipinski definition) is 2. The predicted molar refractivity (Wildman–Crippen MR) is 118 cm³/mol. The molecule has 158 valence electrons. The van der Waals surface area contributed by atoms with Gasteiger partial charge in [-0.15, -0.1) is 11.3 Å². The zero-order valence-corrected chi connectivity index (χ0v) is 17.4. The van der Waals surface area contributed by atoms with Crippen molar-refractivity contribution in [3.05, 3.63) is 74.6 Å². The molecule has 2 N–H and O–H groups in total. The number of carbonyl (C=O) groups is 2. The number of nitrogens with one attached hydrogen (secondary N) is 2. The number of fused-ring (bicyclic) bond motifs is 1. The molecule has 0 atom stereocenters. The molecule has 2 amide bonds. The number of hydrogen-bond acceptors (Lipinski definition) is 6. The highest BCUT2D eigenvalue weighted by atomic mass is 32.1. The predicted octanol–water partition coefficient (Wildman–Crippen LogP) is 3.97. The molecule has 8 nitrogen and oxygen atoms in total. The van der Waals surface area contributed by atoms with Crippen molar-refractivity contribution in [1.29, 1.82) is 0 Å². The van der Waals surface area contributed by atoms with Gasteiger partial charge in [-0.25, -0.2) is 4.98 Å². The summed E-state index contributed by atoms with van der Waals surface area (Å²) in [6.45, 7) is -0.269. The number of thiazole rings is 1. The number of amides is 2. The van der Waals surface area contributed by atoms with E-state index in [4.69, 9.17) is 0 Å². The Labute approximate surface area is 182 Å². The van der Waals surface area contributed by atoms with Crippen molar-refractivity contribution in [2.45, 2.75) is 25.7 Å². The molecule has 0 fully saturated rings.